The molecule has 1 fully saturated rings. The minimum absolute atomic E-state index is 0.322. The van der Waals surface area contributed by atoms with Gasteiger partial charge in [-0.1, -0.05) is 0 Å². The molecule has 84 valence electrons. The van der Waals surface area contributed by atoms with Crippen molar-refractivity contribution < 1.29 is 5.11 Å². The molecule has 1 heterocycles. The lowest BCUT2D eigenvalue weighted by Crippen LogP contribution is -2.43. The first-order chi connectivity index (χ1) is 6.77. The molecule has 1 aliphatic heterocycles. The summed E-state index contributed by atoms with van der Waals surface area (Å²) in [7, 11) is 2.04. The molecule has 0 radical (unpaired) electrons. The van der Waals surface area contributed by atoms with Gasteiger partial charge in [0.1, 0.15) is 0 Å². The first-order valence-electron chi connectivity index (χ1n) is 5.78. The zero-order valence-corrected chi connectivity index (χ0v) is 9.50. The maximum atomic E-state index is 8.78. The van der Waals surface area contributed by atoms with E-state index in [1.165, 1.54) is 25.9 Å². The van der Waals surface area contributed by atoms with Gasteiger partial charge in [0.25, 0.3) is 0 Å². The summed E-state index contributed by atoms with van der Waals surface area (Å²) < 4.78 is 0. The Morgan fingerprint density at radius 1 is 1.57 bits per heavy atom. The lowest BCUT2D eigenvalue weighted by molar-refractivity contribution is 0.142. The average Bonchev–Trinajstić information content (AvgIpc) is 2.25. The Balaban J connectivity index is 2.28. The molecule has 3 nitrogen and oxygen atoms in total. The fourth-order valence-corrected chi connectivity index (χ4v) is 2.23. The third-order valence-corrected chi connectivity index (χ3v) is 3.34. The highest BCUT2D eigenvalue weighted by molar-refractivity contribution is 4.79. The van der Waals surface area contributed by atoms with Crippen LogP contribution in [0.1, 0.15) is 26.2 Å². The van der Waals surface area contributed by atoms with Crippen molar-refractivity contribution in [2.45, 2.75) is 32.2 Å². The van der Waals surface area contributed by atoms with E-state index in [2.05, 4.69) is 17.1 Å². The van der Waals surface area contributed by atoms with Crippen molar-refractivity contribution >= 4 is 0 Å². The van der Waals surface area contributed by atoms with Crippen molar-refractivity contribution in [1.29, 1.82) is 0 Å². The second-order valence-electron chi connectivity index (χ2n) is 4.36. The van der Waals surface area contributed by atoms with Crippen LogP contribution >= 0.6 is 0 Å². The van der Waals surface area contributed by atoms with Crippen molar-refractivity contribution in [1.82, 2.24) is 10.2 Å². The summed E-state index contributed by atoms with van der Waals surface area (Å²) in [5.41, 5.74) is 0. The molecule has 1 aliphatic rings. The molecule has 1 saturated heterocycles. The molecule has 0 aliphatic carbocycles. The summed E-state index contributed by atoms with van der Waals surface area (Å²) in [4.78, 5) is 2.48. The maximum Gasteiger partial charge on any atom is 0.0443 e. The molecule has 2 unspecified atom stereocenters. The van der Waals surface area contributed by atoms with Gasteiger partial charge in [0, 0.05) is 25.7 Å². The number of piperidine rings is 1. The van der Waals surface area contributed by atoms with Gasteiger partial charge in [-0.05, 0) is 45.7 Å². The van der Waals surface area contributed by atoms with Crippen molar-refractivity contribution in [2.24, 2.45) is 5.92 Å². The highest BCUT2D eigenvalue weighted by Crippen LogP contribution is 2.19. The number of rotatable bonds is 5. The third-order valence-electron chi connectivity index (χ3n) is 3.34. The summed E-state index contributed by atoms with van der Waals surface area (Å²) in [6.45, 7) is 6.06. The van der Waals surface area contributed by atoms with Gasteiger partial charge in [0.15, 0.2) is 0 Å². The lowest BCUT2D eigenvalue weighted by Gasteiger charge is -2.35. The highest BCUT2D eigenvalue weighted by Gasteiger charge is 2.22. The molecular weight excluding hydrogens is 176 g/mol. The van der Waals surface area contributed by atoms with Crippen molar-refractivity contribution in [3.63, 3.8) is 0 Å². The Labute approximate surface area is 87.5 Å². The van der Waals surface area contributed by atoms with Crippen LogP contribution in [-0.4, -0.2) is 49.3 Å². The zero-order valence-electron chi connectivity index (χ0n) is 9.50. The standard InChI is InChI=1S/C11H24N2O/c1-10(12-2)11-5-3-6-13(9-11)7-4-8-14/h10-12,14H,3-9H2,1-2H3. The number of hydrogen-bond donors (Lipinski definition) is 2. The van der Waals surface area contributed by atoms with Crippen LogP contribution in [0.5, 0.6) is 0 Å². The van der Waals surface area contributed by atoms with Gasteiger partial charge in [-0.15, -0.1) is 0 Å². The number of nitrogens with one attached hydrogen (secondary N) is 1. The van der Waals surface area contributed by atoms with Crippen molar-refractivity contribution in [3.8, 4) is 0 Å². The lowest BCUT2D eigenvalue weighted by atomic mass is 9.91. The Morgan fingerprint density at radius 3 is 3.00 bits per heavy atom. The monoisotopic (exact) mass is 200 g/mol. The summed E-state index contributed by atoms with van der Waals surface area (Å²) in [6, 6.07) is 0.618. The second kappa shape index (κ2) is 6.38. The van der Waals surface area contributed by atoms with Crippen LogP contribution in [-0.2, 0) is 0 Å². The third kappa shape index (κ3) is 3.56. The zero-order chi connectivity index (χ0) is 10.4. The summed E-state index contributed by atoms with van der Waals surface area (Å²) in [6.07, 6.45) is 3.57. The van der Waals surface area contributed by atoms with Crippen LogP contribution < -0.4 is 5.32 Å². The fraction of sp³-hybridized carbons (Fsp3) is 1.00. The molecule has 0 spiro atoms. The van der Waals surface area contributed by atoms with Crippen LogP contribution in [0, 0.1) is 5.92 Å². The average molecular weight is 200 g/mol. The Hall–Kier alpha value is -0.120. The molecule has 0 amide bonds. The normalized spacial score (nSPS) is 26.4. The molecule has 0 saturated carbocycles. The number of likely N-dealkylation sites (tertiary alicyclic amines) is 1. The van der Waals surface area contributed by atoms with Crippen LogP contribution in [0.2, 0.25) is 0 Å². The van der Waals surface area contributed by atoms with E-state index in [4.69, 9.17) is 5.11 Å². The molecular formula is C11H24N2O. The van der Waals surface area contributed by atoms with Gasteiger partial charge >= 0.3 is 0 Å². The Morgan fingerprint density at radius 2 is 2.36 bits per heavy atom. The summed E-state index contributed by atoms with van der Waals surface area (Å²) >= 11 is 0. The van der Waals surface area contributed by atoms with Crippen LogP contribution in [0.4, 0.5) is 0 Å². The largest absolute Gasteiger partial charge is 0.396 e. The summed E-state index contributed by atoms with van der Waals surface area (Å²) in [5.74, 6) is 0.785. The molecule has 0 aromatic carbocycles. The quantitative estimate of drug-likeness (QED) is 0.685. The highest BCUT2D eigenvalue weighted by atomic mass is 16.3. The number of aliphatic hydroxyl groups is 1. The number of hydrogen-bond acceptors (Lipinski definition) is 3. The molecule has 14 heavy (non-hydrogen) atoms. The van der Waals surface area contributed by atoms with E-state index in [0.717, 1.165) is 18.9 Å². The van der Waals surface area contributed by atoms with Crippen LogP contribution in [0.25, 0.3) is 0 Å². The minimum atomic E-state index is 0.322. The van der Waals surface area contributed by atoms with Gasteiger partial charge < -0.3 is 15.3 Å². The van der Waals surface area contributed by atoms with Crippen LogP contribution in [0.3, 0.4) is 0 Å². The second-order valence-corrected chi connectivity index (χ2v) is 4.36. The Bertz CT molecular complexity index is 152. The SMILES string of the molecule is CNC(C)C1CCCN(CCCO)C1. The van der Waals surface area contributed by atoms with Crippen LogP contribution in [0.15, 0.2) is 0 Å². The predicted octanol–water partition coefficient (Wildman–Crippen LogP) is 0.689. The molecule has 0 aromatic heterocycles. The number of nitrogens with zero attached hydrogens (tertiary/aromatic N) is 1. The van der Waals surface area contributed by atoms with E-state index >= 15 is 0 Å². The van der Waals surface area contributed by atoms with Gasteiger partial charge in [0.2, 0.25) is 0 Å². The van der Waals surface area contributed by atoms with E-state index in [1.54, 1.807) is 0 Å². The van der Waals surface area contributed by atoms with Crippen molar-refractivity contribution in [2.75, 3.05) is 33.3 Å². The summed E-state index contributed by atoms with van der Waals surface area (Å²) in [5, 5.41) is 12.1. The van der Waals surface area contributed by atoms with Crippen molar-refractivity contribution in [3.05, 3.63) is 0 Å². The van der Waals surface area contributed by atoms with E-state index in [-0.39, 0.29) is 0 Å². The fourth-order valence-electron chi connectivity index (χ4n) is 2.23. The molecule has 3 heteroatoms. The predicted molar refractivity (Wildman–Crippen MR) is 59.4 cm³/mol. The molecule has 2 atom stereocenters. The van der Waals surface area contributed by atoms with E-state index < -0.39 is 0 Å². The van der Waals surface area contributed by atoms with Gasteiger partial charge in [-0.2, -0.15) is 0 Å². The minimum Gasteiger partial charge on any atom is -0.396 e. The maximum absolute atomic E-state index is 8.78. The van der Waals surface area contributed by atoms with Gasteiger partial charge in [-0.3, -0.25) is 0 Å². The van der Waals surface area contributed by atoms with Gasteiger partial charge in [-0.25, -0.2) is 0 Å². The number of aliphatic hydroxyl groups excluding tert-OH is 1. The van der Waals surface area contributed by atoms with E-state index in [9.17, 15) is 0 Å². The first kappa shape index (κ1) is 12.0. The van der Waals surface area contributed by atoms with E-state index in [1.807, 2.05) is 7.05 Å². The molecule has 0 bridgehead atoms. The molecule has 0 aromatic rings. The first-order valence-corrected chi connectivity index (χ1v) is 5.78. The van der Waals surface area contributed by atoms with Gasteiger partial charge in [0.05, 0.1) is 0 Å². The molecule has 2 N–H and O–H groups in total. The Kier molecular flexibility index (Phi) is 5.45. The smallest absolute Gasteiger partial charge is 0.0443 e. The van der Waals surface area contributed by atoms with E-state index in [0.29, 0.717) is 12.6 Å². The molecule has 1 rings (SSSR count). The topological polar surface area (TPSA) is 35.5 Å².